The molecule has 0 amide bonds. The largest absolute Gasteiger partial charge is 0.424 e. The van der Waals surface area contributed by atoms with Gasteiger partial charge >= 0.3 is 0 Å². The van der Waals surface area contributed by atoms with E-state index in [0.717, 1.165) is 18.9 Å². The van der Waals surface area contributed by atoms with Crippen molar-refractivity contribution in [1.82, 2.24) is 25.3 Å². The summed E-state index contributed by atoms with van der Waals surface area (Å²) in [6.45, 7) is 6.90. The second-order valence-electron chi connectivity index (χ2n) is 5.31. The zero-order valence-electron chi connectivity index (χ0n) is 12.8. The quantitative estimate of drug-likeness (QED) is 0.876. The lowest BCUT2D eigenvalue weighted by Crippen LogP contribution is -2.46. The second kappa shape index (κ2) is 6.80. The fraction of sp³-hybridized carbons (Fsp3) is 0.571. The molecule has 0 unspecified atom stereocenters. The Hall–Kier alpha value is -2.06. The Morgan fingerprint density at radius 1 is 1.41 bits per heavy atom. The number of hydrogen-bond donors (Lipinski definition) is 1. The Morgan fingerprint density at radius 2 is 2.32 bits per heavy atom. The van der Waals surface area contributed by atoms with Gasteiger partial charge in [-0.2, -0.15) is 5.10 Å². The lowest BCUT2D eigenvalue weighted by molar-refractivity contribution is -0.0381. The normalized spacial score (nSPS) is 20.7. The molecule has 3 rings (SSSR count). The Bertz CT molecular complexity index is 590. The second-order valence-corrected chi connectivity index (χ2v) is 5.31. The molecule has 0 saturated carbocycles. The molecule has 1 aliphatic rings. The molecule has 0 spiro atoms. The number of hydrogen-bond acceptors (Lipinski definition) is 8. The van der Waals surface area contributed by atoms with Crippen molar-refractivity contribution in [2.45, 2.75) is 26.0 Å². The summed E-state index contributed by atoms with van der Waals surface area (Å²) >= 11 is 0. The van der Waals surface area contributed by atoms with Crippen LogP contribution in [0.4, 0.5) is 5.82 Å². The third kappa shape index (κ3) is 3.58. The van der Waals surface area contributed by atoms with Crippen LogP contribution >= 0.6 is 0 Å². The van der Waals surface area contributed by atoms with Gasteiger partial charge in [0.05, 0.1) is 18.8 Å². The Labute approximate surface area is 128 Å². The fourth-order valence-corrected chi connectivity index (χ4v) is 2.47. The summed E-state index contributed by atoms with van der Waals surface area (Å²) in [4.78, 5) is 2.29. The van der Waals surface area contributed by atoms with Crippen LogP contribution in [0.15, 0.2) is 22.7 Å². The van der Waals surface area contributed by atoms with Crippen LogP contribution in [0.2, 0.25) is 0 Å². The molecule has 22 heavy (non-hydrogen) atoms. The van der Waals surface area contributed by atoms with Crippen molar-refractivity contribution >= 4 is 5.82 Å². The molecule has 0 bridgehead atoms. The molecule has 0 aliphatic carbocycles. The van der Waals surface area contributed by atoms with Gasteiger partial charge in [-0.1, -0.05) is 0 Å². The highest BCUT2D eigenvalue weighted by atomic mass is 16.5. The van der Waals surface area contributed by atoms with E-state index in [1.54, 1.807) is 13.1 Å². The van der Waals surface area contributed by atoms with Gasteiger partial charge in [-0.05, 0) is 19.1 Å². The minimum absolute atomic E-state index is 0.0854. The van der Waals surface area contributed by atoms with Crippen molar-refractivity contribution < 1.29 is 9.15 Å². The molecule has 2 atom stereocenters. The number of nitrogens with one attached hydrogen (secondary N) is 1. The molecule has 8 heteroatoms. The number of nitrogens with zero attached hydrogens (tertiary/aromatic N) is 5. The van der Waals surface area contributed by atoms with Crippen molar-refractivity contribution in [2.24, 2.45) is 0 Å². The molecule has 1 fully saturated rings. The van der Waals surface area contributed by atoms with Crippen LogP contribution in [-0.2, 0) is 4.74 Å². The lowest BCUT2D eigenvalue weighted by atomic mass is 10.2. The summed E-state index contributed by atoms with van der Waals surface area (Å²) in [6.07, 6.45) is 1.74. The summed E-state index contributed by atoms with van der Waals surface area (Å²) in [7, 11) is 0. The van der Waals surface area contributed by atoms with Gasteiger partial charge in [-0.25, -0.2) is 0 Å². The summed E-state index contributed by atoms with van der Waals surface area (Å²) in [5.41, 5.74) is 0. The third-order valence-electron chi connectivity index (χ3n) is 3.70. The molecular weight excluding hydrogens is 284 g/mol. The van der Waals surface area contributed by atoms with Crippen LogP contribution in [0, 0.1) is 6.92 Å². The average Bonchev–Trinajstić information content (AvgIpc) is 3.00. The first-order valence-electron chi connectivity index (χ1n) is 7.39. The average molecular weight is 304 g/mol. The third-order valence-corrected chi connectivity index (χ3v) is 3.70. The van der Waals surface area contributed by atoms with Crippen molar-refractivity contribution in [2.75, 3.05) is 31.6 Å². The first kappa shape index (κ1) is 14.9. The topological polar surface area (TPSA) is 89.2 Å². The van der Waals surface area contributed by atoms with Crippen LogP contribution in [-0.4, -0.2) is 57.6 Å². The SMILES string of the molecule is Cc1nnc([C@@H](C)N2CCO[C@H](CNc3cccnn3)C2)o1. The van der Waals surface area contributed by atoms with E-state index in [1.165, 1.54) is 0 Å². The number of rotatable bonds is 5. The van der Waals surface area contributed by atoms with E-state index >= 15 is 0 Å². The summed E-state index contributed by atoms with van der Waals surface area (Å²) in [5, 5.41) is 19.1. The summed E-state index contributed by atoms with van der Waals surface area (Å²) < 4.78 is 11.3. The lowest BCUT2D eigenvalue weighted by Gasteiger charge is -2.35. The van der Waals surface area contributed by atoms with Crippen LogP contribution < -0.4 is 5.32 Å². The number of aryl methyl sites for hydroxylation is 1. The van der Waals surface area contributed by atoms with Gasteiger partial charge in [0, 0.05) is 32.8 Å². The highest BCUT2D eigenvalue weighted by molar-refractivity contribution is 5.31. The van der Waals surface area contributed by atoms with Crippen LogP contribution in [0.25, 0.3) is 0 Å². The molecule has 0 aromatic carbocycles. The molecule has 0 radical (unpaired) electrons. The van der Waals surface area contributed by atoms with E-state index in [2.05, 4.69) is 37.5 Å². The molecule has 2 aromatic rings. The predicted molar refractivity (Wildman–Crippen MR) is 79.3 cm³/mol. The van der Waals surface area contributed by atoms with Gasteiger partial charge in [-0.3, -0.25) is 4.90 Å². The predicted octanol–water partition coefficient (Wildman–Crippen LogP) is 1.04. The minimum Gasteiger partial charge on any atom is -0.424 e. The van der Waals surface area contributed by atoms with Crippen molar-refractivity contribution in [3.05, 3.63) is 30.1 Å². The van der Waals surface area contributed by atoms with E-state index in [1.807, 2.05) is 12.1 Å². The molecular formula is C14H20N6O2. The maximum absolute atomic E-state index is 5.80. The zero-order valence-corrected chi connectivity index (χ0v) is 12.8. The van der Waals surface area contributed by atoms with Crippen LogP contribution in [0.1, 0.15) is 24.7 Å². The number of aromatic nitrogens is 4. The summed E-state index contributed by atoms with van der Waals surface area (Å²) in [6, 6.07) is 3.82. The fourth-order valence-electron chi connectivity index (χ4n) is 2.47. The maximum Gasteiger partial charge on any atom is 0.233 e. The Kier molecular flexibility index (Phi) is 4.59. The van der Waals surface area contributed by atoms with E-state index in [-0.39, 0.29) is 12.1 Å². The number of anilines is 1. The Balaban J connectivity index is 1.55. The van der Waals surface area contributed by atoms with Crippen molar-refractivity contribution in [3.63, 3.8) is 0 Å². The molecule has 8 nitrogen and oxygen atoms in total. The van der Waals surface area contributed by atoms with Gasteiger partial charge in [0.1, 0.15) is 5.82 Å². The van der Waals surface area contributed by atoms with Gasteiger partial charge in [-0.15, -0.1) is 15.3 Å². The standard InChI is InChI=1S/C14H20N6O2/c1-10(14-19-17-11(2)22-14)20-6-7-21-12(9-20)8-15-13-4-3-5-16-18-13/h3-5,10,12H,6-9H2,1-2H3,(H,15,18)/t10-,12-/m1/s1. The highest BCUT2D eigenvalue weighted by Crippen LogP contribution is 2.21. The van der Waals surface area contributed by atoms with Crippen LogP contribution in [0.5, 0.6) is 0 Å². The molecule has 1 N–H and O–H groups in total. The van der Waals surface area contributed by atoms with E-state index in [0.29, 0.717) is 24.9 Å². The molecule has 2 aromatic heterocycles. The maximum atomic E-state index is 5.80. The highest BCUT2D eigenvalue weighted by Gasteiger charge is 2.27. The molecule has 1 saturated heterocycles. The first-order valence-corrected chi connectivity index (χ1v) is 7.39. The van der Waals surface area contributed by atoms with E-state index in [9.17, 15) is 0 Å². The molecule has 1 aliphatic heterocycles. The van der Waals surface area contributed by atoms with Gasteiger partial charge in [0.25, 0.3) is 0 Å². The van der Waals surface area contributed by atoms with Crippen molar-refractivity contribution in [1.29, 1.82) is 0 Å². The first-order chi connectivity index (χ1) is 10.7. The van der Waals surface area contributed by atoms with Gasteiger partial charge < -0.3 is 14.5 Å². The van der Waals surface area contributed by atoms with Crippen LogP contribution in [0.3, 0.4) is 0 Å². The number of morpholine rings is 1. The zero-order chi connectivity index (χ0) is 15.4. The minimum atomic E-state index is 0.0854. The van der Waals surface area contributed by atoms with E-state index in [4.69, 9.17) is 9.15 Å². The Morgan fingerprint density at radius 3 is 3.05 bits per heavy atom. The smallest absolute Gasteiger partial charge is 0.233 e. The van der Waals surface area contributed by atoms with E-state index < -0.39 is 0 Å². The molecule has 3 heterocycles. The van der Waals surface area contributed by atoms with Gasteiger partial charge in [0.2, 0.25) is 11.8 Å². The summed E-state index contributed by atoms with van der Waals surface area (Å²) in [5.74, 6) is 2.00. The number of ether oxygens (including phenoxy) is 1. The monoisotopic (exact) mass is 304 g/mol. The van der Waals surface area contributed by atoms with Gasteiger partial charge in [0.15, 0.2) is 0 Å². The molecule has 118 valence electrons. The van der Waals surface area contributed by atoms with Crippen molar-refractivity contribution in [3.8, 4) is 0 Å².